The zero-order valence-corrected chi connectivity index (χ0v) is 36.1. The van der Waals surface area contributed by atoms with E-state index in [9.17, 15) is 67.8 Å². The highest BCUT2D eigenvalue weighted by Crippen LogP contribution is 2.61. The Morgan fingerprint density at radius 2 is 1.68 bits per heavy atom. The highest BCUT2D eigenvalue weighted by molar-refractivity contribution is 8.13. The number of phosphoric ester groups is 3. The summed E-state index contributed by atoms with van der Waals surface area (Å²) in [6.45, 7) is 0.0257. The average molecular weight is 959 g/mol. The van der Waals surface area contributed by atoms with Gasteiger partial charge in [0.05, 0.1) is 19.5 Å². The number of para-hydroxylation sites is 1. The van der Waals surface area contributed by atoms with Crippen molar-refractivity contribution in [3.8, 4) is 0 Å². The van der Waals surface area contributed by atoms with Crippen LogP contribution >= 0.6 is 35.2 Å². The number of nitrogens with two attached hydrogens (primary N) is 2. The van der Waals surface area contributed by atoms with Gasteiger partial charge in [-0.3, -0.25) is 37.3 Å². The van der Waals surface area contributed by atoms with E-state index in [4.69, 9.17) is 25.3 Å². The molecule has 1 aliphatic heterocycles. The van der Waals surface area contributed by atoms with E-state index >= 15 is 0 Å². The van der Waals surface area contributed by atoms with Gasteiger partial charge in [0.2, 0.25) is 16.9 Å². The van der Waals surface area contributed by atoms with E-state index < -0.39 is 102 Å². The number of nitrogens with zero attached hydrogens (tertiary/aromatic N) is 4. The number of imidazole rings is 1. The van der Waals surface area contributed by atoms with Gasteiger partial charge in [-0.15, -0.1) is 0 Å². The van der Waals surface area contributed by atoms with Crippen molar-refractivity contribution >= 4 is 80.8 Å². The number of aliphatic hydroxyl groups is 2. The number of thioether (sulfide) groups is 1. The van der Waals surface area contributed by atoms with Gasteiger partial charge in [0.1, 0.15) is 42.2 Å². The van der Waals surface area contributed by atoms with Crippen LogP contribution in [0.15, 0.2) is 36.9 Å². The lowest BCUT2D eigenvalue weighted by Gasteiger charge is -2.30. The summed E-state index contributed by atoms with van der Waals surface area (Å²) in [4.78, 5) is 100. The van der Waals surface area contributed by atoms with Gasteiger partial charge in [0.15, 0.2) is 17.7 Å². The molecule has 0 bridgehead atoms. The lowest BCUT2D eigenvalue weighted by atomic mass is 9.87. The molecular weight excluding hydrogens is 913 g/mol. The molecule has 344 valence electrons. The second-order valence-electron chi connectivity index (χ2n) is 14.0. The minimum absolute atomic E-state index is 0.0147. The number of nitrogens with one attached hydrogen (secondary N) is 2. The number of carboxylic acid groups (broad SMARTS) is 1. The van der Waals surface area contributed by atoms with Gasteiger partial charge >= 0.3 is 29.4 Å². The second-order valence-corrected chi connectivity index (χ2v) is 19.4. The average Bonchev–Trinajstić information content (AvgIpc) is 3.74. The first-order valence-electron chi connectivity index (χ1n) is 17.9. The van der Waals surface area contributed by atoms with E-state index in [0.717, 1.165) is 17.2 Å². The molecule has 0 saturated carbocycles. The summed E-state index contributed by atoms with van der Waals surface area (Å²) >= 11 is 0.710. The van der Waals surface area contributed by atoms with E-state index in [1.165, 1.54) is 13.8 Å². The van der Waals surface area contributed by atoms with Crippen molar-refractivity contribution < 1.29 is 90.4 Å². The monoisotopic (exact) mass is 958 g/mol. The van der Waals surface area contributed by atoms with Gasteiger partial charge in [0.25, 0.3) is 0 Å². The smallest absolute Gasteiger partial charge is 0.481 e. The van der Waals surface area contributed by atoms with Crippen LogP contribution in [0, 0.1) is 11.3 Å². The van der Waals surface area contributed by atoms with Gasteiger partial charge in [-0.1, -0.05) is 43.8 Å². The molecule has 1 fully saturated rings. The Hall–Kier alpha value is -3.95. The molecule has 0 radical (unpaired) electrons. The Balaban J connectivity index is 1.21. The number of fused-ring (bicyclic) bond motifs is 1. The molecule has 27 nitrogen and oxygen atoms in total. The molecule has 3 aromatic rings. The quantitative estimate of drug-likeness (QED) is 0.0240. The SMILES string of the molecule is CC(C)(COP(=O)(O)OP(=O)(O)OC[C@H]1O[C@@H](n2cnc3c(N)ncnc32)[C@H](O)[C@@H]1OP(=O)(O)O)[C@@H](O)C(=O)NCCC(=O)NCCSC(=O)C(Cc1ccccc1N)C(=O)O. The van der Waals surface area contributed by atoms with Crippen LogP contribution in [0.1, 0.15) is 32.1 Å². The molecule has 8 atom stereocenters. The van der Waals surface area contributed by atoms with Crippen LogP contribution in [0.3, 0.4) is 0 Å². The van der Waals surface area contributed by atoms with Gasteiger partial charge in [-0.25, -0.2) is 28.6 Å². The molecule has 1 aliphatic rings. The summed E-state index contributed by atoms with van der Waals surface area (Å²) in [5.41, 5.74) is 10.9. The van der Waals surface area contributed by atoms with Gasteiger partial charge in [-0.05, 0) is 18.1 Å². The summed E-state index contributed by atoms with van der Waals surface area (Å²) in [6.07, 6.45) is -7.32. The summed E-state index contributed by atoms with van der Waals surface area (Å²) in [7, 11) is -16.5. The molecule has 31 heteroatoms. The van der Waals surface area contributed by atoms with E-state index in [2.05, 4.69) is 34.4 Å². The van der Waals surface area contributed by atoms with Crippen molar-refractivity contribution in [2.24, 2.45) is 11.3 Å². The minimum atomic E-state index is -5.61. The fourth-order valence-corrected chi connectivity index (χ4v) is 9.21. The van der Waals surface area contributed by atoms with Crippen LogP contribution in [0.2, 0.25) is 0 Å². The molecule has 1 saturated heterocycles. The predicted molar refractivity (Wildman–Crippen MR) is 213 cm³/mol. The van der Waals surface area contributed by atoms with Crippen LogP contribution in [0.4, 0.5) is 11.5 Å². The standard InChI is InChI=1S/C31H45N8O19P3S/c1-31(2,24(42)27(43)35-8-7-20(40)34-9-10-62-30(46)17(29(44)45)11-16-5-3-4-6-18(16)32)13-55-61(52,53)58-60(50,51)54-12-19-23(57-59(47,48)49)22(41)28(56-19)39-15-38-21-25(33)36-14-37-26(21)39/h3-6,14-15,17,19,22-24,28,41-42H,7-13,32H2,1-2H3,(H,34,40)(H,35,43)(H,44,45)(H,50,51)(H,52,53)(H2,33,36,37)(H2,47,48,49)/t17?,19-,22-,23-,24+,28-/m1/s1. The Kier molecular flexibility index (Phi) is 17.3. The Morgan fingerprint density at radius 3 is 2.34 bits per heavy atom. The molecular formula is C31H45N8O19P3S. The number of hydrogen-bond donors (Lipinski definition) is 11. The van der Waals surface area contributed by atoms with Crippen LogP contribution in [-0.2, 0) is 61.9 Å². The maximum absolute atomic E-state index is 12.7. The normalized spacial score (nSPS) is 21.1. The number of anilines is 2. The van der Waals surface area contributed by atoms with Crippen molar-refractivity contribution in [3.05, 3.63) is 42.5 Å². The molecule has 3 unspecified atom stereocenters. The molecule has 4 rings (SSSR count). The van der Waals surface area contributed by atoms with Crippen molar-refractivity contribution in [1.29, 1.82) is 0 Å². The molecule has 62 heavy (non-hydrogen) atoms. The van der Waals surface area contributed by atoms with Gasteiger partial charge < -0.3 is 61.7 Å². The van der Waals surface area contributed by atoms with Crippen molar-refractivity contribution in [3.63, 3.8) is 0 Å². The number of aliphatic hydroxyl groups excluding tert-OH is 2. The zero-order valence-electron chi connectivity index (χ0n) is 32.6. The van der Waals surface area contributed by atoms with E-state index in [0.29, 0.717) is 23.0 Å². The van der Waals surface area contributed by atoms with Crippen LogP contribution < -0.4 is 22.1 Å². The highest BCUT2D eigenvalue weighted by atomic mass is 32.2. The summed E-state index contributed by atoms with van der Waals surface area (Å²) in [6, 6.07) is 6.53. The third-order valence-electron chi connectivity index (χ3n) is 8.81. The molecule has 1 aromatic carbocycles. The molecule has 0 spiro atoms. The fraction of sp³-hybridized carbons (Fsp3) is 0.516. The van der Waals surface area contributed by atoms with E-state index in [1.54, 1.807) is 24.3 Å². The first kappa shape index (κ1) is 50.7. The first-order chi connectivity index (χ1) is 28.8. The number of ether oxygens (including phenoxy) is 1. The van der Waals surface area contributed by atoms with Crippen molar-refractivity contribution in [2.75, 3.05) is 43.5 Å². The third kappa shape index (κ3) is 14.3. The van der Waals surface area contributed by atoms with Crippen LogP contribution in [0.5, 0.6) is 0 Å². The van der Waals surface area contributed by atoms with Crippen molar-refractivity contribution in [2.45, 2.75) is 57.3 Å². The summed E-state index contributed by atoms with van der Waals surface area (Å²) < 4.78 is 62.2. The summed E-state index contributed by atoms with van der Waals surface area (Å²) in [5.74, 6) is -4.31. The number of benzene rings is 1. The summed E-state index contributed by atoms with van der Waals surface area (Å²) in [5, 5.41) is 35.2. The minimum Gasteiger partial charge on any atom is -0.481 e. The Labute approximate surface area is 355 Å². The number of carbonyl (C=O) groups excluding carboxylic acids is 3. The predicted octanol–water partition coefficient (Wildman–Crippen LogP) is -0.810. The Bertz CT molecular complexity index is 2250. The second kappa shape index (κ2) is 21.2. The Morgan fingerprint density at radius 1 is 1.00 bits per heavy atom. The molecule has 3 heterocycles. The van der Waals surface area contributed by atoms with Gasteiger partial charge in [0, 0.05) is 36.4 Å². The number of amides is 2. The van der Waals surface area contributed by atoms with Crippen LogP contribution in [0.25, 0.3) is 11.2 Å². The number of rotatable bonds is 23. The molecule has 13 N–H and O–H groups in total. The lowest BCUT2D eigenvalue weighted by Crippen LogP contribution is -2.46. The number of hydrogen-bond acceptors (Lipinski definition) is 20. The topological polar surface area (TPSA) is 427 Å². The van der Waals surface area contributed by atoms with E-state index in [1.807, 2.05) is 0 Å². The maximum atomic E-state index is 12.7. The van der Waals surface area contributed by atoms with Crippen molar-refractivity contribution in [1.82, 2.24) is 30.2 Å². The number of carboxylic acids is 1. The number of phosphoric acid groups is 3. The molecule has 0 aliphatic carbocycles. The van der Waals surface area contributed by atoms with Crippen LogP contribution in [-0.4, -0.2) is 134 Å². The fourth-order valence-electron chi connectivity index (χ4n) is 5.59. The third-order valence-corrected chi connectivity index (χ3v) is 12.9. The highest BCUT2D eigenvalue weighted by Gasteiger charge is 2.50. The molecule has 2 amide bonds. The molecule has 2 aromatic heterocycles. The zero-order chi connectivity index (χ0) is 46.2. The number of aliphatic carboxylic acids is 1. The van der Waals surface area contributed by atoms with Gasteiger partial charge in [-0.2, -0.15) is 4.31 Å². The lowest BCUT2D eigenvalue weighted by molar-refractivity contribution is -0.144. The number of nitrogen functional groups attached to an aromatic ring is 2. The van der Waals surface area contributed by atoms with E-state index in [-0.39, 0.29) is 48.7 Å². The first-order valence-corrected chi connectivity index (χ1v) is 23.4. The number of carbonyl (C=O) groups is 4. The largest absolute Gasteiger partial charge is 0.481 e. The number of aromatic nitrogens is 4. The maximum Gasteiger partial charge on any atom is 0.481 e.